The number of nitrogens with one attached hydrogen (secondary N) is 1. The Morgan fingerprint density at radius 2 is 1.71 bits per heavy atom. The summed E-state index contributed by atoms with van der Waals surface area (Å²) in [5.41, 5.74) is 2.58. The number of aromatic amines is 1. The Morgan fingerprint density at radius 1 is 0.980 bits per heavy atom. The van der Waals surface area contributed by atoms with Crippen LogP contribution in [0.4, 0.5) is 10.5 Å². The Kier molecular flexibility index (Phi) is 11.6. The predicted octanol–water partition coefficient (Wildman–Crippen LogP) is 6.47. The van der Waals surface area contributed by atoms with Gasteiger partial charge in [-0.3, -0.25) is 9.69 Å². The van der Waals surface area contributed by atoms with Crippen LogP contribution < -0.4 is 23.8 Å². The van der Waals surface area contributed by atoms with Gasteiger partial charge in [0.25, 0.3) is 5.91 Å². The number of hydrogen-bond acceptors (Lipinski definition) is 10. The molecule has 2 aliphatic rings. The molecule has 11 nitrogen and oxygen atoms in total. The topological polar surface area (TPSA) is 106 Å². The number of aromatic nitrogens is 1. The summed E-state index contributed by atoms with van der Waals surface area (Å²) in [7, 11) is 9.93. The monoisotopic (exact) mass is 728 g/mol. The van der Waals surface area contributed by atoms with Crippen LogP contribution in [0.25, 0.3) is 21.7 Å². The number of benzene rings is 3. The van der Waals surface area contributed by atoms with Crippen LogP contribution >= 0.6 is 33.2 Å². The highest BCUT2D eigenvalue weighted by Crippen LogP contribution is 2.47. The summed E-state index contributed by atoms with van der Waals surface area (Å²) in [5.74, 6) is 3.49. The van der Waals surface area contributed by atoms with E-state index in [-0.39, 0.29) is 11.8 Å². The maximum atomic E-state index is 14.2. The number of hydrogen-bond donors (Lipinski definition) is 1. The molecule has 2 aliphatic heterocycles. The van der Waals surface area contributed by atoms with Crippen molar-refractivity contribution in [2.45, 2.75) is 5.92 Å². The molecule has 0 radical (unpaired) electrons. The number of halogens is 1. The molecular formula is C35H41ClN4O7S2. The first-order valence-corrected chi connectivity index (χ1v) is 19.1. The summed E-state index contributed by atoms with van der Waals surface area (Å²) in [4.78, 5) is 36.5. The van der Waals surface area contributed by atoms with Crippen molar-refractivity contribution >= 4 is 72.6 Å². The third-order valence-electron chi connectivity index (χ3n) is 8.91. The zero-order valence-corrected chi connectivity index (χ0v) is 30.5. The van der Waals surface area contributed by atoms with Crippen LogP contribution in [0.3, 0.4) is 0 Å². The number of alkyl halides is 1. The summed E-state index contributed by atoms with van der Waals surface area (Å²) < 4.78 is 28.1. The van der Waals surface area contributed by atoms with Crippen LogP contribution in [-0.2, 0) is 4.74 Å². The average Bonchev–Trinajstić information content (AvgIpc) is 3.74. The van der Waals surface area contributed by atoms with E-state index < -0.39 is 6.09 Å². The first-order chi connectivity index (χ1) is 23.9. The largest absolute Gasteiger partial charge is 0.493 e. The number of anilines is 1. The molecule has 1 atom stereocenters. The molecule has 262 valence electrons. The number of methoxy groups -OCH3 is 3. The van der Waals surface area contributed by atoms with Gasteiger partial charge in [-0.25, -0.2) is 4.79 Å². The van der Waals surface area contributed by atoms with Crippen molar-refractivity contribution in [2.24, 2.45) is 0 Å². The highest BCUT2D eigenvalue weighted by molar-refractivity contribution is 8.76. The van der Waals surface area contributed by atoms with E-state index in [1.165, 1.54) is 14.2 Å². The second-order valence-corrected chi connectivity index (χ2v) is 14.8. The van der Waals surface area contributed by atoms with Crippen LogP contribution in [-0.4, -0.2) is 118 Å². The van der Waals surface area contributed by atoms with E-state index in [1.54, 1.807) is 53.0 Å². The van der Waals surface area contributed by atoms with Crippen molar-refractivity contribution in [1.82, 2.24) is 14.8 Å². The first kappa shape index (κ1) is 35.3. The fraction of sp³-hybridized carbons (Fsp3) is 0.429. The van der Waals surface area contributed by atoms with Crippen LogP contribution in [0.1, 0.15) is 22.0 Å². The smallest absolute Gasteiger partial charge is 0.415 e. The van der Waals surface area contributed by atoms with Gasteiger partial charge in [0.1, 0.15) is 11.4 Å². The molecule has 0 aliphatic carbocycles. The molecule has 4 aromatic rings. The maximum absolute atomic E-state index is 14.2. The third kappa shape index (κ3) is 7.36. The molecule has 0 spiro atoms. The van der Waals surface area contributed by atoms with Gasteiger partial charge in [0.15, 0.2) is 11.5 Å². The molecular weight excluding hydrogens is 688 g/mol. The lowest BCUT2D eigenvalue weighted by molar-refractivity contribution is 0.0410. The highest BCUT2D eigenvalue weighted by Gasteiger charge is 2.36. The minimum atomic E-state index is -0.459. The van der Waals surface area contributed by atoms with Crippen LogP contribution in [0, 0.1) is 0 Å². The average molecular weight is 729 g/mol. The lowest BCUT2D eigenvalue weighted by Gasteiger charge is -2.26. The van der Waals surface area contributed by atoms with Crippen molar-refractivity contribution in [1.29, 1.82) is 0 Å². The normalized spacial score (nSPS) is 16.2. The molecule has 1 aromatic heterocycles. The molecule has 1 fully saturated rings. The van der Waals surface area contributed by atoms with Gasteiger partial charge in [0.2, 0.25) is 5.75 Å². The molecule has 3 heterocycles. The van der Waals surface area contributed by atoms with Crippen molar-refractivity contribution in [3.05, 3.63) is 53.7 Å². The van der Waals surface area contributed by atoms with E-state index >= 15 is 0 Å². The molecule has 14 heteroatoms. The van der Waals surface area contributed by atoms with E-state index in [4.69, 9.17) is 35.3 Å². The molecule has 0 unspecified atom stereocenters. The van der Waals surface area contributed by atoms with E-state index in [2.05, 4.69) is 9.88 Å². The summed E-state index contributed by atoms with van der Waals surface area (Å²) in [6, 6.07) is 13.1. The third-order valence-corrected chi connectivity index (χ3v) is 11.6. The highest BCUT2D eigenvalue weighted by atomic mass is 35.5. The van der Waals surface area contributed by atoms with Gasteiger partial charge in [0.05, 0.1) is 45.7 Å². The lowest BCUT2D eigenvalue weighted by atomic mass is 9.95. The quantitative estimate of drug-likeness (QED) is 0.0936. The number of nitrogens with zero attached hydrogens (tertiary/aromatic N) is 3. The number of carbonyl (C=O) groups excluding carboxylic acids is 2. The first-order valence-electron chi connectivity index (χ1n) is 16.1. The van der Waals surface area contributed by atoms with Crippen molar-refractivity contribution in [2.75, 3.05) is 96.6 Å². The van der Waals surface area contributed by atoms with E-state index in [0.29, 0.717) is 58.9 Å². The number of amides is 2. The van der Waals surface area contributed by atoms with Crippen molar-refractivity contribution < 1.29 is 33.3 Å². The van der Waals surface area contributed by atoms with E-state index in [0.717, 1.165) is 66.1 Å². The van der Waals surface area contributed by atoms with Gasteiger partial charge in [-0.15, -0.1) is 11.6 Å². The second-order valence-electron chi connectivity index (χ2n) is 11.8. The molecule has 2 amide bonds. The van der Waals surface area contributed by atoms with Gasteiger partial charge in [-0.05, 0) is 23.1 Å². The van der Waals surface area contributed by atoms with E-state index in [9.17, 15) is 9.59 Å². The number of rotatable bonds is 13. The van der Waals surface area contributed by atoms with Gasteiger partial charge in [-0.2, -0.15) is 0 Å². The maximum Gasteiger partial charge on any atom is 0.415 e. The lowest BCUT2D eigenvalue weighted by Crippen LogP contribution is -2.37. The van der Waals surface area contributed by atoms with Crippen LogP contribution in [0.2, 0.25) is 0 Å². The number of ether oxygens (including phenoxy) is 5. The molecule has 6 rings (SSSR count). The SMILES string of the molecule is COc1cc2cc(C(=O)N3C[C@@H](CCl)c4c3cc(OC(=O)N(C)CCSSCCN3CCOCC3)c3ccccc43)[nH]c2c(OC)c1OC. The standard InChI is InChI=1S/C35H41ClN4O7S2/c1-38(11-15-48-49-16-12-39-9-13-46-14-10-39)35(42)47-28-19-27-30(25-8-6-5-7-24(25)28)23(20-36)21-40(27)34(41)26-17-22-18-29(43-2)32(44-3)33(45-4)31(22)37-26/h5-8,17-19,23,37H,9-16,20-21H2,1-4H3/t23-/m1/s1. The van der Waals surface area contributed by atoms with Crippen molar-refractivity contribution in [3.63, 3.8) is 0 Å². The minimum Gasteiger partial charge on any atom is -0.493 e. The molecule has 3 aromatic carbocycles. The Bertz CT molecular complexity index is 1820. The number of morpholine rings is 1. The second kappa shape index (κ2) is 16.0. The summed E-state index contributed by atoms with van der Waals surface area (Å²) in [5, 5.41) is 2.41. The minimum absolute atomic E-state index is 0.116. The summed E-state index contributed by atoms with van der Waals surface area (Å²) in [6.45, 7) is 5.52. The molecule has 1 saturated heterocycles. The molecule has 0 bridgehead atoms. The van der Waals surface area contributed by atoms with Crippen molar-refractivity contribution in [3.8, 4) is 23.0 Å². The fourth-order valence-electron chi connectivity index (χ4n) is 6.37. The van der Waals surface area contributed by atoms with Gasteiger partial charge >= 0.3 is 6.09 Å². The predicted molar refractivity (Wildman–Crippen MR) is 198 cm³/mol. The Hall–Kier alpha value is -3.49. The zero-order chi connectivity index (χ0) is 34.5. The molecule has 0 saturated carbocycles. The Labute approximate surface area is 298 Å². The Balaban J connectivity index is 1.21. The summed E-state index contributed by atoms with van der Waals surface area (Å²) in [6.07, 6.45) is -0.459. The number of H-pyrrole nitrogens is 1. The van der Waals surface area contributed by atoms with Crippen LogP contribution in [0.5, 0.6) is 23.0 Å². The molecule has 49 heavy (non-hydrogen) atoms. The van der Waals surface area contributed by atoms with Gasteiger partial charge in [-0.1, -0.05) is 45.9 Å². The number of fused-ring (bicyclic) bond motifs is 4. The fourth-order valence-corrected chi connectivity index (χ4v) is 8.69. The summed E-state index contributed by atoms with van der Waals surface area (Å²) >= 11 is 6.51. The molecule has 1 N–H and O–H groups in total. The van der Waals surface area contributed by atoms with Crippen LogP contribution in [0.15, 0.2) is 42.5 Å². The zero-order valence-electron chi connectivity index (χ0n) is 28.1. The van der Waals surface area contributed by atoms with E-state index in [1.807, 2.05) is 35.1 Å². The van der Waals surface area contributed by atoms with Gasteiger partial charge in [0, 0.05) is 79.9 Å². The number of carbonyl (C=O) groups is 2. The van der Waals surface area contributed by atoms with Gasteiger partial charge < -0.3 is 38.5 Å². The Morgan fingerprint density at radius 3 is 2.43 bits per heavy atom.